The molecule has 66 valence electrons. The van der Waals surface area contributed by atoms with Gasteiger partial charge in [-0.1, -0.05) is 13.5 Å². The summed E-state index contributed by atoms with van der Waals surface area (Å²) in [6.07, 6.45) is 1.36. The van der Waals surface area contributed by atoms with Crippen LogP contribution in [0.1, 0.15) is 26.7 Å². The molecule has 0 aliphatic rings. The summed E-state index contributed by atoms with van der Waals surface area (Å²) in [5, 5.41) is 0. The van der Waals surface area contributed by atoms with Gasteiger partial charge in [-0.15, -0.1) is 0 Å². The van der Waals surface area contributed by atoms with Gasteiger partial charge in [-0.3, -0.25) is 4.94 Å². The smallest absolute Gasteiger partial charge is 0.144 e. The van der Waals surface area contributed by atoms with E-state index in [1.54, 1.807) is 0 Å². The molecule has 0 aromatic heterocycles. The van der Waals surface area contributed by atoms with Gasteiger partial charge in [0.05, 0.1) is 6.10 Å². The van der Waals surface area contributed by atoms with Crippen LogP contribution in [-0.4, -0.2) is 12.7 Å². The maximum absolute atomic E-state index is 11.4. The highest BCUT2D eigenvalue weighted by atomic mass is 19.3. The molecule has 0 aliphatic heterocycles. The molecule has 11 heavy (non-hydrogen) atoms. The molecule has 1 unspecified atom stereocenters. The SMILES string of the molecule is C=C(CC(C)OCCC)OF. The van der Waals surface area contributed by atoms with Crippen molar-refractivity contribution in [3.8, 4) is 0 Å². The van der Waals surface area contributed by atoms with Crippen molar-refractivity contribution in [1.29, 1.82) is 0 Å². The van der Waals surface area contributed by atoms with Gasteiger partial charge in [0.2, 0.25) is 0 Å². The van der Waals surface area contributed by atoms with Crippen molar-refractivity contribution in [1.82, 2.24) is 0 Å². The second kappa shape index (κ2) is 6.16. The summed E-state index contributed by atoms with van der Waals surface area (Å²) in [6, 6.07) is 0. The van der Waals surface area contributed by atoms with Crippen LogP contribution in [0.15, 0.2) is 12.3 Å². The fourth-order valence-corrected chi connectivity index (χ4v) is 0.730. The highest BCUT2D eigenvalue weighted by Gasteiger charge is 2.04. The fraction of sp³-hybridized carbons (Fsp3) is 0.750. The van der Waals surface area contributed by atoms with Crippen LogP contribution in [0.25, 0.3) is 0 Å². The van der Waals surface area contributed by atoms with E-state index in [1.807, 2.05) is 13.8 Å². The summed E-state index contributed by atoms with van der Waals surface area (Å²) < 4.78 is 16.7. The third-order valence-corrected chi connectivity index (χ3v) is 1.23. The highest BCUT2D eigenvalue weighted by Crippen LogP contribution is 2.07. The van der Waals surface area contributed by atoms with Gasteiger partial charge >= 0.3 is 0 Å². The molecule has 0 fully saturated rings. The summed E-state index contributed by atoms with van der Waals surface area (Å²) in [5.74, 6) is 0.119. The van der Waals surface area contributed by atoms with Gasteiger partial charge in [0.1, 0.15) is 5.76 Å². The molecule has 0 bridgehead atoms. The molecule has 0 amide bonds. The topological polar surface area (TPSA) is 18.5 Å². The Hall–Kier alpha value is -0.570. The lowest BCUT2D eigenvalue weighted by Gasteiger charge is -2.10. The van der Waals surface area contributed by atoms with Crippen molar-refractivity contribution in [2.45, 2.75) is 32.8 Å². The average molecular weight is 162 g/mol. The molecule has 0 aromatic rings. The molecule has 0 N–H and O–H groups in total. The second-order valence-corrected chi connectivity index (χ2v) is 2.50. The van der Waals surface area contributed by atoms with Gasteiger partial charge in [-0.25, -0.2) is 0 Å². The number of halogens is 1. The Labute approximate surface area is 66.9 Å². The Morgan fingerprint density at radius 2 is 2.27 bits per heavy atom. The van der Waals surface area contributed by atoms with E-state index in [1.165, 1.54) is 0 Å². The molecule has 0 aliphatic carbocycles. The second-order valence-electron chi connectivity index (χ2n) is 2.50. The minimum absolute atomic E-state index is 0.0156. The van der Waals surface area contributed by atoms with E-state index in [4.69, 9.17) is 4.74 Å². The summed E-state index contributed by atoms with van der Waals surface area (Å²) in [5.41, 5.74) is 0. The summed E-state index contributed by atoms with van der Waals surface area (Å²) in [6.45, 7) is 7.92. The van der Waals surface area contributed by atoms with E-state index in [-0.39, 0.29) is 11.9 Å². The quantitative estimate of drug-likeness (QED) is 0.559. The lowest BCUT2D eigenvalue weighted by molar-refractivity contribution is -0.0934. The maximum Gasteiger partial charge on any atom is 0.144 e. The summed E-state index contributed by atoms with van der Waals surface area (Å²) in [4.78, 5) is 3.43. The van der Waals surface area contributed by atoms with Gasteiger partial charge in [0, 0.05) is 17.6 Å². The van der Waals surface area contributed by atoms with Crippen LogP contribution >= 0.6 is 0 Å². The Balaban J connectivity index is 3.35. The molecule has 0 saturated heterocycles. The van der Waals surface area contributed by atoms with Gasteiger partial charge in [0.25, 0.3) is 0 Å². The number of hydrogen-bond donors (Lipinski definition) is 0. The summed E-state index contributed by atoms with van der Waals surface area (Å²) >= 11 is 0. The molecular weight excluding hydrogens is 147 g/mol. The number of rotatable bonds is 6. The lowest BCUT2D eigenvalue weighted by atomic mass is 10.2. The standard InChI is InChI=1S/C8H15FO2/c1-4-5-10-7(2)6-8(3)11-9/h7H,3-6H2,1-2H3. The largest absolute Gasteiger partial charge is 0.378 e. The molecule has 0 radical (unpaired) electrons. The third kappa shape index (κ3) is 5.85. The van der Waals surface area contributed by atoms with E-state index in [2.05, 4.69) is 11.5 Å². The van der Waals surface area contributed by atoms with Crippen LogP contribution < -0.4 is 0 Å². The van der Waals surface area contributed by atoms with Gasteiger partial charge in [0.15, 0.2) is 0 Å². The predicted molar refractivity (Wildman–Crippen MR) is 41.7 cm³/mol. The minimum Gasteiger partial charge on any atom is -0.378 e. The molecule has 0 rings (SSSR count). The predicted octanol–water partition coefficient (Wildman–Crippen LogP) is 2.61. The fourth-order valence-electron chi connectivity index (χ4n) is 0.730. The summed E-state index contributed by atoms with van der Waals surface area (Å²) in [7, 11) is 0. The van der Waals surface area contributed by atoms with E-state index in [9.17, 15) is 4.53 Å². The lowest BCUT2D eigenvalue weighted by Crippen LogP contribution is -2.09. The zero-order valence-electron chi connectivity index (χ0n) is 7.10. The zero-order valence-corrected chi connectivity index (χ0v) is 7.10. The van der Waals surface area contributed by atoms with Crippen LogP contribution in [0.4, 0.5) is 4.53 Å². The first-order valence-electron chi connectivity index (χ1n) is 3.78. The van der Waals surface area contributed by atoms with Crippen LogP contribution in [-0.2, 0) is 9.68 Å². The van der Waals surface area contributed by atoms with Crippen LogP contribution in [0.3, 0.4) is 0 Å². The van der Waals surface area contributed by atoms with Crippen molar-refractivity contribution < 1.29 is 14.2 Å². The van der Waals surface area contributed by atoms with Crippen LogP contribution in [0.2, 0.25) is 0 Å². The molecule has 0 aromatic carbocycles. The molecule has 2 nitrogen and oxygen atoms in total. The van der Waals surface area contributed by atoms with E-state index in [0.29, 0.717) is 13.0 Å². The molecule has 0 saturated carbocycles. The van der Waals surface area contributed by atoms with Crippen molar-refractivity contribution in [3.63, 3.8) is 0 Å². The number of hydrogen-bond acceptors (Lipinski definition) is 2. The van der Waals surface area contributed by atoms with E-state index >= 15 is 0 Å². The first-order chi connectivity index (χ1) is 5.20. The molecule has 0 spiro atoms. The Morgan fingerprint density at radius 3 is 2.73 bits per heavy atom. The molecular formula is C8H15FO2. The van der Waals surface area contributed by atoms with Gasteiger partial charge in [-0.2, -0.15) is 0 Å². The first-order valence-corrected chi connectivity index (χ1v) is 3.78. The van der Waals surface area contributed by atoms with Gasteiger partial charge in [-0.05, 0) is 13.3 Å². The third-order valence-electron chi connectivity index (χ3n) is 1.23. The van der Waals surface area contributed by atoms with Crippen LogP contribution in [0, 0.1) is 0 Å². The van der Waals surface area contributed by atoms with Crippen molar-refractivity contribution in [3.05, 3.63) is 12.3 Å². The Kier molecular flexibility index (Phi) is 5.84. The average Bonchev–Trinajstić information content (AvgIpc) is 2.00. The van der Waals surface area contributed by atoms with E-state index in [0.717, 1.165) is 6.42 Å². The maximum atomic E-state index is 11.4. The van der Waals surface area contributed by atoms with E-state index < -0.39 is 0 Å². The monoisotopic (exact) mass is 162 g/mol. The zero-order chi connectivity index (χ0) is 8.69. The molecule has 3 heteroatoms. The van der Waals surface area contributed by atoms with Crippen LogP contribution in [0.5, 0.6) is 0 Å². The van der Waals surface area contributed by atoms with Crippen molar-refractivity contribution in [2.24, 2.45) is 0 Å². The number of ether oxygens (including phenoxy) is 1. The highest BCUT2D eigenvalue weighted by molar-refractivity contribution is 4.82. The normalized spacial score (nSPS) is 12.6. The molecule has 0 heterocycles. The van der Waals surface area contributed by atoms with Gasteiger partial charge < -0.3 is 4.74 Å². The Morgan fingerprint density at radius 1 is 1.64 bits per heavy atom. The van der Waals surface area contributed by atoms with Crippen molar-refractivity contribution >= 4 is 0 Å². The van der Waals surface area contributed by atoms with Crippen molar-refractivity contribution in [2.75, 3.05) is 6.61 Å². The Bertz CT molecular complexity index is 115. The first kappa shape index (κ1) is 10.4. The minimum atomic E-state index is -0.0156. The molecule has 1 atom stereocenters.